The van der Waals surface area contributed by atoms with Crippen LogP contribution < -0.4 is 10.6 Å². The highest BCUT2D eigenvalue weighted by molar-refractivity contribution is 8.14. The number of imide groups is 1. The van der Waals surface area contributed by atoms with Gasteiger partial charge >= 0.3 is 0 Å². The number of amides is 2. The number of benzene rings is 1. The van der Waals surface area contributed by atoms with Gasteiger partial charge in [-0.05, 0) is 12.0 Å². The number of amidine groups is 1. The van der Waals surface area contributed by atoms with Crippen molar-refractivity contribution in [2.24, 2.45) is 4.99 Å². The highest BCUT2D eigenvalue weighted by Gasteiger charge is 2.28. The molecule has 2 amide bonds. The van der Waals surface area contributed by atoms with Gasteiger partial charge in [-0.1, -0.05) is 42.1 Å². The topological polar surface area (TPSA) is 70.6 Å². The van der Waals surface area contributed by atoms with Crippen LogP contribution in [0, 0.1) is 0 Å². The Morgan fingerprint density at radius 1 is 1.20 bits per heavy atom. The zero-order valence-electron chi connectivity index (χ0n) is 10.8. The van der Waals surface area contributed by atoms with Crippen LogP contribution in [0.25, 0.3) is 0 Å². The second-order valence-corrected chi connectivity index (χ2v) is 5.83. The van der Waals surface area contributed by atoms with Gasteiger partial charge in [-0.15, -0.1) is 0 Å². The molecular formula is C14H15N3O2S. The lowest BCUT2D eigenvalue weighted by Gasteiger charge is -2.18. The van der Waals surface area contributed by atoms with Crippen molar-refractivity contribution in [1.29, 1.82) is 0 Å². The molecule has 0 aliphatic carbocycles. The highest BCUT2D eigenvalue weighted by atomic mass is 32.2. The van der Waals surface area contributed by atoms with Crippen LogP contribution in [-0.4, -0.2) is 28.8 Å². The summed E-state index contributed by atoms with van der Waals surface area (Å²) < 4.78 is 0. The van der Waals surface area contributed by atoms with E-state index >= 15 is 0 Å². The van der Waals surface area contributed by atoms with E-state index in [0.29, 0.717) is 12.8 Å². The number of aliphatic imine (C=N–C) groups is 1. The summed E-state index contributed by atoms with van der Waals surface area (Å²) in [4.78, 5) is 27.2. The number of nitrogens with one attached hydrogen (secondary N) is 2. The number of carbonyl (C=O) groups excluding carboxylic acids is 2. The number of piperidine rings is 1. The summed E-state index contributed by atoms with van der Waals surface area (Å²) >= 11 is 1.62. The lowest BCUT2D eigenvalue weighted by Crippen LogP contribution is -2.43. The molecule has 2 aliphatic heterocycles. The summed E-state index contributed by atoms with van der Waals surface area (Å²) in [6.45, 7) is 0. The third kappa shape index (κ3) is 2.85. The number of hydrogen-bond donors (Lipinski definition) is 2. The van der Waals surface area contributed by atoms with Crippen molar-refractivity contribution in [3.05, 3.63) is 35.9 Å². The number of hydrogen-bond acceptors (Lipinski definition) is 4. The van der Waals surface area contributed by atoms with E-state index < -0.39 is 6.04 Å². The predicted molar refractivity (Wildman–Crippen MR) is 78.4 cm³/mol. The smallest absolute Gasteiger partial charge is 0.251 e. The standard InChI is InChI=1S/C14H15N3O2S/c18-12-7-6-10(13(19)17-12)15-14-16-11(8-20-14)9-4-2-1-3-5-9/h1-5,10-11H,6-8H2,(H,15,16)(H,17,18,19). The van der Waals surface area contributed by atoms with Crippen LogP contribution in [0.5, 0.6) is 0 Å². The van der Waals surface area contributed by atoms with Gasteiger partial charge < -0.3 is 5.32 Å². The maximum absolute atomic E-state index is 11.7. The van der Waals surface area contributed by atoms with E-state index in [2.05, 4.69) is 27.8 Å². The van der Waals surface area contributed by atoms with E-state index in [1.165, 1.54) is 5.56 Å². The summed E-state index contributed by atoms with van der Waals surface area (Å²) in [7, 11) is 0. The van der Waals surface area contributed by atoms with Gasteiger partial charge in [0, 0.05) is 12.2 Å². The zero-order chi connectivity index (χ0) is 13.9. The van der Waals surface area contributed by atoms with Gasteiger partial charge in [0.25, 0.3) is 5.91 Å². The van der Waals surface area contributed by atoms with Crippen molar-refractivity contribution in [3.63, 3.8) is 0 Å². The van der Waals surface area contributed by atoms with Crippen LogP contribution in [-0.2, 0) is 9.59 Å². The molecule has 3 rings (SSSR count). The molecule has 2 aliphatic rings. The van der Waals surface area contributed by atoms with Gasteiger partial charge in [0.1, 0.15) is 6.04 Å². The molecule has 0 bridgehead atoms. The Bertz CT molecular complexity index is 559. The Balaban J connectivity index is 1.66. The van der Waals surface area contributed by atoms with Crippen molar-refractivity contribution in [3.8, 4) is 0 Å². The van der Waals surface area contributed by atoms with E-state index in [-0.39, 0.29) is 17.9 Å². The van der Waals surface area contributed by atoms with Crippen LogP contribution in [0.15, 0.2) is 35.3 Å². The van der Waals surface area contributed by atoms with Crippen molar-refractivity contribution in [1.82, 2.24) is 10.6 Å². The van der Waals surface area contributed by atoms with E-state index in [0.717, 1.165) is 10.9 Å². The lowest BCUT2D eigenvalue weighted by atomic mass is 10.1. The summed E-state index contributed by atoms with van der Waals surface area (Å²) in [5, 5.41) is 6.44. The molecule has 0 radical (unpaired) electrons. The largest absolute Gasteiger partial charge is 0.357 e. The fraction of sp³-hybridized carbons (Fsp3) is 0.357. The molecule has 0 saturated carbocycles. The molecule has 1 aromatic rings. The second-order valence-electron chi connectivity index (χ2n) is 4.82. The van der Waals surface area contributed by atoms with Crippen LogP contribution in [0.2, 0.25) is 0 Å². The Hall–Kier alpha value is -1.82. The minimum Gasteiger partial charge on any atom is -0.357 e. The molecule has 104 valence electrons. The number of rotatable bonds is 2. The monoisotopic (exact) mass is 289 g/mol. The van der Waals surface area contributed by atoms with E-state index in [1.807, 2.05) is 18.2 Å². The molecule has 0 aromatic heterocycles. The molecule has 2 atom stereocenters. The lowest BCUT2D eigenvalue weighted by molar-refractivity contribution is -0.133. The third-order valence-corrected chi connectivity index (χ3v) is 4.37. The predicted octanol–water partition coefficient (Wildman–Crippen LogP) is 1.23. The van der Waals surface area contributed by atoms with Crippen molar-refractivity contribution < 1.29 is 9.59 Å². The normalized spacial score (nSPS) is 28.3. The molecule has 0 spiro atoms. The maximum atomic E-state index is 11.7. The molecule has 20 heavy (non-hydrogen) atoms. The number of nitrogens with zero attached hydrogens (tertiary/aromatic N) is 1. The van der Waals surface area contributed by atoms with Gasteiger partial charge in [0.2, 0.25) is 5.91 Å². The summed E-state index contributed by atoms with van der Waals surface area (Å²) in [5.74, 6) is 0.399. The van der Waals surface area contributed by atoms with Gasteiger partial charge in [-0.3, -0.25) is 14.9 Å². The quantitative estimate of drug-likeness (QED) is 0.803. The van der Waals surface area contributed by atoms with Crippen LogP contribution in [0.4, 0.5) is 0 Å². The molecule has 2 fully saturated rings. The highest BCUT2D eigenvalue weighted by Crippen LogP contribution is 2.26. The second kappa shape index (κ2) is 5.66. The Morgan fingerprint density at radius 2 is 2.00 bits per heavy atom. The fourth-order valence-corrected chi connectivity index (χ4v) is 3.31. The zero-order valence-corrected chi connectivity index (χ0v) is 11.7. The third-order valence-electron chi connectivity index (χ3n) is 3.37. The molecule has 2 unspecified atom stereocenters. The average Bonchev–Trinajstić information content (AvgIpc) is 2.92. The van der Waals surface area contributed by atoms with E-state index in [4.69, 9.17) is 0 Å². The summed E-state index contributed by atoms with van der Waals surface area (Å²) in [6.07, 6.45) is 0.854. The van der Waals surface area contributed by atoms with Crippen molar-refractivity contribution in [2.75, 3.05) is 5.75 Å². The van der Waals surface area contributed by atoms with E-state index in [1.54, 1.807) is 11.8 Å². The number of thioether (sulfide) groups is 1. The number of carbonyl (C=O) groups is 2. The minimum atomic E-state index is -0.447. The van der Waals surface area contributed by atoms with Crippen LogP contribution in [0.3, 0.4) is 0 Å². The molecule has 2 saturated heterocycles. The minimum absolute atomic E-state index is 0.208. The van der Waals surface area contributed by atoms with Gasteiger partial charge in [0.15, 0.2) is 5.17 Å². The Morgan fingerprint density at radius 3 is 2.75 bits per heavy atom. The fourth-order valence-electron chi connectivity index (χ4n) is 2.28. The molecule has 6 heteroatoms. The molecular weight excluding hydrogens is 274 g/mol. The van der Waals surface area contributed by atoms with Crippen LogP contribution in [0.1, 0.15) is 24.4 Å². The van der Waals surface area contributed by atoms with Crippen LogP contribution >= 0.6 is 11.8 Å². The van der Waals surface area contributed by atoms with Crippen molar-refractivity contribution in [2.45, 2.75) is 24.9 Å². The van der Waals surface area contributed by atoms with Crippen molar-refractivity contribution >= 4 is 28.7 Å². The molecule has 5 nitrogen and oxygen atoms in total. The maximum Gasteiger partial charge on any atom is 0.251 e. The van der Waals surface area contributed by atoms with Gasteiger partial charge in [-0.25, -0.2) is 4.99 Å². The van der Waals surface area contributed by atoms with Gasteiger partial charge in [-0.2, -0.15) is 0 Å². The van der Waals surface area contributed by atoms with E-state index in [9.17, 15) is 9.59 Å². The Kier molecular flexibility index (Phi) is 3.73. The average molecular weight is 289 g/mol. The SMILES string of the molecule is O=C1CCC(N=C2NC(c3ccccc3)CS2)C(=O)N1. The first-order valence-corrected chi connectivity index (χ1v) is 7.57. The first-order chi connectivity index (χ1) is 9.72. The molecule has 2 heterocycles. The summed E-state index contributed by atoms with van der Waals surface area (Å²) in [5.41, 5.74) is 1.22. The van der Waals surface area contributed by atoms with Gasteiger partial charge in [0.05, 0.1) is 6.04 Å². The Labute approximate surface area is 121 Å². The first-order valence-electron chi connectivity index (χ1n) is 6.58. The first kappa shape index (κ1) is 13.2. The molecule has 2 N–H and O–H groups in total. The molecule has 1 aromatic carbocycles. The summed E-state index contributed by atoms with van der Waals surface area (Å²) in [6, 6.07) is 9.95.